The summed E-state index contributed by atoms with van der Waals surface area (Å²) < 4.78 is 13.8. The van der Waals surface area contributed by atoms with Crippen LogP contribution in [0.5, 0.6) is 0 Å². The molecule has 0 radical (unpaired) electrons. The number of fused-ring (bicyclic) bond motifs is 3. The van der Waals surface area contributed by atoms with Gasteiger partial charge in [-0.2, -0.15) is 0 Å². The first-order valence-corrected chi connectivity index (χ1v) is 14.3. The second-order valence-electron chi connectivity index (χ2n) is 11.4. The summed E-state index contributed by atoms with van der Waals surface area (Å²) in [5, 5.41) is 6.92. The second-order valence-corrected chi connectivity index (χ2v) is 11.9. The van der Waals surface area contributed by atoms with Gasteiger partial charge in [0.05, 0.1) is 6.04 Å². The van der Waals surface area contributed by atoms with E-state index in [9.17, 15) is 14.0 Å². The quantitative estimate of drug-likeness (QED) is 0.490. The molecule has 2 atom stereocenters. The maximum atomic E-state index is 13.9. The summed E-state index contributed by atoms with van der Waals surface area (Å²) in [4.78, 5) is 31.6. The van der Waals surface area contributed by atoms with Crippen molar-refractivity contribution in [1.29, 1.82) is 0 Å². The largest absolute Gasteiger partial charge is 0.373 e. The number of hydrogen-bond donors (Lipinski definition) is 2. The van der Waals surface area contributed by atoms with E-state index in [1.54, 1.807) is 18.2 Å². The normalized spacial score (nSPS) is 20.1. The van der Waals surface area contributed by atoms with Crippen molar-refractivity contribution >= 4 is 29.1 Å². The second kappa shape index (κ2) is 10.9. The van der Waals surface area contributed by atoms with Crippen molar-refractivity contribution in [2.45, 2.75) is 49.7 Å². The molecule has 6 rings (SSSR count). The molecule has 0 unspecified atom stereocenters. The van der Waals surface area contributed by atoms with Crippen molar-refractivity contribution in [1.82, 2.24) is 15.5 Å². The molecule has 2 N–H and O–H groups in total. The molecular weight excluding hydrogens is 527 g/mol. The summed E-state index contributed by atoms with van der Waals surface area (Å²) in [5.41, 5.74) is 5.42. The van der Waals surface area contributed by atoms with Crippen molar-refractivity contribution in [3.63, 3.8) is 0 Å². The number of halogens is 2. The van der Waals surface area contributed by atoms with Gasteiger partial charge in [0.25, 0.3) is 0 Å². The van der Waals surface area contributed by atoms with Crippen LogP contribution in [0.4, 0.5) is 10.1 Å². The van der Waals surface area contributed by atoms with Crippen LogP contribution in [0.25, 0.3) is 0 Å². The highest BCUT2D eigenvalue weighted by Gasteiger charge is 2.44. The van der Waals surface area contributed by atoms with Crippen LogP contribution in [-0.2, 0) is 34.4 Å². The lowest BCUT2D eigenvalue weighted by Crippen LogP contribution is -2.57. The molecule has 1 saturated heterocycles. The first-order chi connectivity index (χ1) is 19.3. The summed E-state index contributed by atoms with van der Waals surface area (Å²) in [6.07, 6.45) is 2.51. The number of piperidine rings is 1. The van der Waals surface area contributed by atoms with Crippen LogP contribution in [0.15, 0.2) is 66.7 Å². The van der Waals surface area contributed by atoms with E-state index < -0.39 is 12.1 Å². The Morgan fingerprint density at radius 2 is 1.82 bits per heavy atom. The molecule has 3 aromatic carbocycles. The molecule has 3 aliphatic rings. The van der Waals surface area contributed by atoms with Gasteiger partial charge in [-0.3, -0.25) is 9.59 Å². The minimum atomic E-state index is -0.711. The highest BCUT2D eigenvalue weighted by Crippen LogP contribution is 2.46. The molecular formula is C32H34ClFN4O2. The Morgan fingerprint density at radius 3 is 2.60 bits per heavy atom. The van der Waals surface area contributed by atoms with Crippen LogP contribution in [0, 0.1) is 5.82 Å². The van der Waals surface area contributed by atoms with Gasteiger partial charge in [0.1, 0.15) is 11.9 Å². The van der Waals surface area contributed by atoms with Gasteiger partial charge in [0.15, 0.2) is 0 Å². The SMILES string of the molecule is CN1CC2(CCN(C(=O)[C@@H](Cc3ccc(Cl)cc3)NC(=O)[C@@H]3Cc4cc(F)ccc4CN3)CC2)c2ccccc21. The van der Waals surface area contributed by atoms with E-state index >= 15 is 0 Å². The fraction of sp³-hybridized carbons (Fsp3) is 0.375. The lowest BCUT2D eigenvalue weighted by Gasteiger charge is -2.41. The average Bonchev–Trinajstić information content (AvgIpc) is 3.24. The number of nitrogens with one attached hydrogen (secondary N) is 2. The van der Waals surface area contributed by atoms with E-state index in [1.165, 1.54) is 23.4 Å². The van der Waals surface area contributed by atoms with Gasteiger partial charge in [0.2, 0.25) is 11.8 Å². The first kappa shape index (κ1) is 26.8. The first-order valence-electron chi connectivity index (χ1n) is 14.0. The molecule has 1 fully saturated rings. The molecule has 1 spiro atoms. The molecule has 8 heteroatoms. The van der Waals surface area contributed by atoms with E-state index in [0.29, 0.717) is 37.5 Å². The number of rotatable bonds is 5. The maximum Gasteiger partial charge on any atom is 0.245 e. The molecule has 208 valence electrons. The summed E-state index contributed by atoms with van der Waals surface area (Å²) >= 11 is 6.09. The number of nitrogens with zero attached hydrogens (tertiary/aromatic N) is 2. The van der Waals surface area contributed by atoms with Gasteiger partial charge in [-0.1, -0.05) is 48.0 Å². The fourth-order valence-electron chi connectivity index (χ4n) is 6.68. The molecule has 3 aliphatic heterocycles. The molecule has 0 aliphatic carbocycles. The van der Waals surface area contributed by atoms with Crippen molar-refractivity contribution in [2.75, 3.05) is 31.6 Å². The van der Waals surface area contributed by atoms with Gasteiger partial charge in [-0.25, -0.2) is 4.39 Å². The van der Waals surface area contributed by atoms with E-state index in [4.69, 9.17) is 11.6 Å². The van der Waals surface area contributed by atoms with Crippen LogP contribution >= 0.6 is 11.6 Å². The number of para-hydroxylation sites is 1. The smallest absolute Gasteiger partial charge is 0.245 e. The third-order valence-corrected chi connectivity index (χ3v) is 9.13. The van der Waals surface area contributed by atoms with Gasteiger partial charge < -0.3 is 20.4 Å². The van der Waals surface area contributed by atoms with Gasteiger partial charge in [-0.15, -0.1) is 0 Å². The van der Waals surface area contributed by atoms with Crippen molar-refractivity contribution < 1.29 is 14.0 Å². The number of carbonyl (C=O) groups is 2. The van der Waals surface area contributed by atoms with Gasteiger partial charge in [0, 0.05) is 55.8 Å². The van der Waals surface area contributed by atoms with Crippen LogP contribution in [0.1, 0.15) is 35.1 Å². The standard InChI is InChI=1S/C32H34ClFN4O2/c1-37-20-32(26-4-2-3-5-29(26)37)12-14-38(15-13-32)31(40)28(16-21-6-9-24(33)10-7-21)36-30(39)27-18-23-17-25(34)11-8-22(23)19-35-27/h2-11,17,27-28,35H,12-16,18-20H2,1H3,(H,36,39)/t27-,28+/m0/s1. The Morgan fingerprint density at radius 1 is 1.07 bits per heavy atom. The highest BCUT2D eigenvalue weighted by molar-refractivity contribution is 6.30. The van der Waals surface area contributed by atoms with Crippen LogP contribution in [-0.4, -0.2) is 55.5 Å². The Bertz CT molecular complexity index is 1420. The summed E-state index contributed by atoms with van der Waals surface area (Å²) in [6.45, 7) is 2.72. The molecule has 2 amide bonds. The van der Waals surface area contributed by atoms with E-state index in [0.717, 1.165) is 36.1 Å². The van der Waals surface area contributed by atoms with Crippen molar-refractivity contribution in [3.05, 3.63) is 99.8 Å². The lowest BCUT2D eigenvalue weighted by molar-refractivity contribution is -0.138. The monoisotopic (exact) mass is 560 g/mol. The van der Waals surface area contributed by atoms with E-state index in [1.807, 2.05) is 17.0 Å². The van der Waals surface area contributed by atoms with Crippen LogP contribution in [0.2, 0.25) is 5.02 Å². The molecule has 40 heavy (non-hydrogen) atoms. The Labute approximate surface area is 239 Å². The number of likely N-dealkylation sites (tertiary alicyclic amines) is 1. The average molecular weight is 561 g/mol. The predicted octanol–water partition coefficient (Wildman–Crippen LogP) is 4.23. The van der Waals surface area contributed by atoms with Crippen molar-refractivity contribution in [2.24, 2.45) is 0 Å². The Hall–Kier alpha value is -3.42. The Kier molecular flexibility index (Phi) is 7.27. The third kappa shape index (κ3) is 5.20. The number of anilines is 1. The summed E-state index contributed by atoms with van der Waals surface area (Å²) in [5.74, 6) is -0.628. The molecule has 0 aromatic heterocycles. The zero-order chi connectivity index (χ0) is 27.9. The van der Waals surface area contributed by atoms with Gasteiger partial charge in [-0.05, 0) is 71.8 Å². The van der Waals surface area contributed by atoms with Crippen molar-refractivity contribution in [3.8, 4) is 0 Å². The number of benzene rings is 3. The molecule has 6 nitrogen and oxygen atoms in total. The summed E-state index contributed by atoms with van der Waals surface area (Å²) in [6, 6.07) is 19.4. The molecule has 0 bridgehead atoms. The summed E-state index contributed by atoms with van der Waals surface area (Å²) in [7, 11) is 2.13. The number of hydrogen-bond acceptors (Lipinski definition) is 4. The minimum Gasteiger partial charge on any atom is -0.373 e. The highest BCUT2D eigenvalue weighted by atomic mass is 35.5. The fourth-order valence-corrected chi connectivity index (χ4v) is 6.80. The number of amides is 2. The van der Waals surface area contributed by atoms with E-state index in [-0.39, 0.29) is 23.0 Å². The van der Waals surface area contributed by atoms with Crippen LogP contribution in [0.3, 0.4) is 0 Å². The zero-order valence-corrected chi connectivity index (χ0v) is 23.4. The molecule has 3 aromatic rings. The zero-order valence-electron chi connectivity index (χ0n) is 22.6. The van der Waals surface area contributed by atoms with E-state index in [2.05, 4.69) is 46.8 Å². The topological polar surface area (TPSA) is 64.7 Å². The number of likely N-dealkylation sites (N-methyl/N-ethyl adjacent to an activating group) is 1. The maximum absolute atomic E-state index is 13.9. The van der Waals surface area contributed by atoms with Gasteiger partial charge >= 0.3 is 0 Å². The Balaban J connectivity index is 1.17. The predicted molar refractivity (Wildman–Crippen MR) is 155 cm³/mol. The number of carbonyl (C=O) groups excluding carboxylic acids is 2. The minimum absolute atomic E-state index is 0.0474. The third-order valence-electron chi connectivity index (χ3n) is 8.87. The lowest BCUT2D eigenvalue weighted by atomic mass is 9.74. The van der Waals surface area contributed by atoms with Crippen LogP contribution < -0.4 is 15.5 Å². The molecule has 0 saturated carbocycles. The molecule has 3 heterocycles.